The molecule has 1 aromatic rings. The van der Waals surface area contributed by atoms with E-state index < -0.39 is 23.1 Å². The van der Waals surface area contributed by atoms with Gasteiger partial charge in [-0.05, 0) is 25.8 Å². The van der Waals surface area contributed by atoms with Crippen molar-refractivity contribution >= 4 is 11.9 Å². The molecule has 0 aromatic carbocycles. The molecular formula is C13H15FN2O3. The number of carboxylic acid groups (broad SMARTS) is 1. The van der Waals surface area contributed by atoms with Gasteiger partial charge in [0.1, 0.15) is 0 Å². The molecule has 0 unspecified atom stereocenters. The van der Waals surface area contributed by atoms with Gasteiger partial charge in [0.05, 0.1) is 17.2 Å². The zero-order chi connectivity index (χ0) is 14.0. The minimum absolute atomic E-state index is 0.0195. The fourth-order valence-corrected chi connectivity index (χ4v) is 2.14. The number of amides is 1. The second-order valence-electron chi connectivity index (χ2n) is 5.01. The lowest BCUT2D eigenvalue weighted by Crippen LogP contribution is -2.45. The molecule has 2 rings (SSSR count). The number of hydrogen-bond donors (Lipinski definition) is 1. The molecule has 0 bridgehead atoms. The van der Waals surface area contributed by atoms with Gasteiger partial charge in [0.2, 0.25) is 0 Å². The molecular weight excluding hydrogens is 251 g/mol. The smallest absolute Gasteiger partial charge is 0.309 e. The van der Waals surface area contributed by atoms with Crippen LogP contribution in [0.3, 0.4) is 0 Å². The number of carboxylic acids is 1. The summed E-state index contributed by atoms with van der Waals surface area (Å²) < 4.78 is 13.5. The van der Waals surface area contributed by atoms with Crippen LogP contribution in [0.15, 0.2) is 18.5 Å². The van der Waals surface area contributed by atoms with Crippen LogP contribution in [0.5, 0.6) is 0 Å². The molecule has 1 N–H and O–H groups in total. The molecule has 0 aliphatic carbocycles. The highest BCUT2D eigenvalue weighted by molar-refractivity contribution is 5.94. The predicted molar refractivity (Wildman–Crippen MR) is 65.1 cm³/mol. The lowest BCUT2D eigenvalue weighted by molar-refractivity contribution is -0.150. The van der Waals surface area contributed by atoms with Crippen LogP contribution in [-0.2, 0) is 4.79 Å². The molecule has 6 heteroatoms. The fraction of sp³-hybridized carbons (Fsp3) is 0.462. The summed E-state index contributed by atoms with van der Waals surface area (Å²) >= 11 is 0. The van der Waals surface area contributed by atoms with Crippen molar-refractivity contribution in [3.63, 3.8) is 0 Å². The Bertz CT molecular complexity index is 510. The highest BCUT2D eigenvalue weighted by Crippen LogP contribution is 2.31. The van der Waals surface area contributed by atoms with Crippen molar-refractivity contribution in [2.75, 3.05) is 13.1 Å². The lowest BCUT2D eigenvalue weighted by Gasteiger charge is -2.36. The molecule has 5 nitrogen and oxygen atoms in total. The number of rotatable bonds is 2. The minimum Gasteiger partial charge on any atom is -0.481 e. The van der Waals surface area contributed by atoms with Crippen LogP contribution >= 0.6 is 0 Å². The summed E-state index contributed by atoms with van der Waals surface area (Å²) in [4.78, 5) is 28.3. The molecule has 0 radical (unpaired) electrons. The Morgan fingerprint density at radius 3 is 2.58 bits per heavy atom. The Morgan fingerprint density at radius 2 is 2.05 bits per heavy atom. The number of carbonyl (C=O) groups is 2. The molecule has 1 aliphatic rings. The Labute approximate surface area is 110 Å². The van der Waals surface area contributed by atoms with Crippen LogP contribution in [-0.4, -0.2) is 40.0 Å². The molecule has 1 aromatic heterocycles. The average molecular weight is 266 g/mol. The Morgan fingerprint density at radius 1 is 1.42 bits per heavy atom. The highest BCUT2D eigenvalue weighted by atomic mass is 19.1. The second-order valence-corrected chi connectivity index (χ2v) is 5.01. The molecule has 0 saturated carbocycles. The van der Waals surface area contributed by atoms with Crippen molar-refractivity contribution in [3.8, 4) is 0 Å². The molecule has 2 heterocycles. The minimum atomic E-state index is -0.852. The number of aromatic nitrogens is 1. The second kappa shape index (κ2) is 4.95. The normalized spacial score (nSPS) is 18.1. The van der Waals surface area contributed by atoms with E-state index in [2.05, 4.69) is 4.98 Å². The van der Waals surface area contributed by atoms with Gasteiger partial charge < -0.3 is 10.0 Å². The van der Waals surface area contributed by atoms with Gasteiger partial charge in [-0.25, -0.2) is 4.39 Å². The molecule has 19 heavy (non-hydrogen) atoms. The molecule has 102 valence electrons. The average Bonchev–Trinajstić information content (AvgIpc) is 2.39. The van der Waals surface area contributed by atoms with Gasteiger partial charge in [0.15, 0.2) is 5.82 Å². The largest absolute Gasteiger partial charge is 0.481 e. The van der Waals surface area contributed by atoms with E-state index in [0.717, 1.165) is 6.20 Å². The van der Waals surface area contributed by atoms with Gasteiger partial charge in [-0.1, -0.05) is 0 Å². The summed E-state index contributed by atoms with van der Waals surface area (Å²) in [6, 6.07) is 1.34. The van der Waals surface area contributed by atoms with Crippen molar-refractivity contribution in [1.29, 1.82) is 0 Å². The van der Waals surface area contributed by atoms with Crippen molar-refractivity contribution in [2.24, 2.45) is 5.41 Å². The predicted octanol–water partition coefficient (Wildman–Crippen LogP) is 1.55. The first-order chi connectivity index (χ1) is 8.94. The van der Waals surface area contributed by atoms with Gasteiger partial charge in [0, 0.05) is 19.3 Å². The SMILES string of the molecule is CC1(C(=O)O)CCN(C(=O)c2ccncc2F)CC1. The first kappa shape index (κ1) is 13.5. The van der Waals surface area contributed by atoms with Crippen LogP contribution in [0.25, 0.3) is 0 Å². The number of piperidine rings is 1. The van der Waals surface area contributed by atoms with E-state index in [4.69, 9.17) is 5.11 Å². The Kier molecular flexibility index (Phi) is 3.50. The first-order valence-electron chi connectivity index (χ1n) is 6.06. The van der Waals surface area contributed by atoms with E-state index in [0.29, 0.717) is 25.9 Å². The number of halogens is 1. The van der Waals surface area contributed by atoms with Gasteiger partial charge in [-0.2, -0.15) is 0 Å². The molecule has 0 spiro atoms. The van der Waals surface area contributed by atoms with Crippen molar-refractivity contribution in [3.05, 3.63) is 29.8 Å². The zero-order valence-electron chi connectivity index (χ0n) is 10.6. The summed E-state index contributed by atoms with van der Waals surface area (Å²) in [6.45, 7) is 2.32. The standard InChI is InChI=1S/C13H15FN2O3/c1-13(12(18)19)3-6-16(7-4-13)11(17)9-2-5-15-8-10(9)14/h2,5,8H,3-4,6-7H2,1H3,(H,18,19). The summed E-state index contributed by atoms with van der Waals surface area (Å²) in [6.07, 6.45) is 3.11. The topological polar surface area (TPSA) is 70.5 Å². The summed E-state index contributed by atoms with van der Waals surface area (Å²) in [7, 11) is 0. The maximum Gasteiger partial charge on any atom is 0.309 e. The Hall–Kier alpha value is -1.98. The molecule has 0 atom stereocenters. The number of nitrogens with zero attached hydrogens (tertiary/aromatic N) is 2. The van der Waals surface area contributed by atoms with E-state index >= 15 is 0 Å². The van der Waals surface area contributed by atoms with E-state index in [-0.39, 0.29) is 5.56 Å². The molecule has 1 aliphatic heterocycles. The first-order valence-corrected chi connectivity index (χ1v) is 6.06. The highest BCUT2D eigenvalue weighted by Gasteiger charge is 2.38. The summed E-state index contributed by atoms with van der Waals surface area (Å²) in [5.41, 5.74) is -0.818. The van der Waals surface area contributed by atoms with E-state index in [9.17, 15) is 14.0 Å². The third kappa shape index (κ3) is 2.57. The van der Waals surface area contributed by atoms with Gasteiger partial charge in [0.25, 0.3) is 5.91 Å². The number of hydrogen-bond acceptors (Lipinski definition) is 3. The molecule has 1 saturated heterocycles. The molecule has 1 fully saturated rings. The Balaban J connectivity index is 2.08. The van der Waals surface area contributed by atoms with Crippen molar-refractivity contribution in [2.45, 2.75) is 19.8 Å². The third-order valence-electron chi connectivity index (χ3n) is 3.67. The number of likely N-dealkylation sites (tertiary alicyclic amines) is 1. The van der Waals surface area contributed by atoms with E-state index in [1.165, 1.54) is 17.2 Å². The quantitative estimate of drug-likeness (QED) is 0.881. The number of pyridine rings is 1. The van der Waals surface area contributed by atoms with Crippen LogP contribution in [0.1, 0.15) is 30.1 Å². The maximum absolute atomic E-state index is 13.5. The number of carbonyl (C=O) groups excluding carboxylic acids is 1. The van der Waals surface area contributed by atoms with Crippen molar-refractivity contribution in [1.82, 2.24) is 9.88 Å². The monoisotopic (exact) mass is 266 g/mol. The third-order valence-corrected chi connectivity index (χ3v) is 3.67. The van der Waals surface area contributed by atoms with Crippen LogP contribution in [0.2, 0.25) is 0 Å². The van der Waals surface area contributed by atoms with Crippen LogP contribution in [0, 0.1) is 11.2 Å². The van der Waals surface area contributed by atoms with Crippen molar-refractivity contribution < 1.29 is 19.1 Å². The summed E-state index contributed by atoms with van der Waals surface area (Å²) in [5, 5.41) is 9.11. The van der Waals surface area contributed by atoms with E-state index in [1.54, 1.807) is 6.92 Å². The van der Waals surface area contributed by atoms with Crippen LogP contribution in [0.4, 0.5) is 4.39 Å². The van der Waals surface area contributed by atoms with Gasteiger partial charge in [-0.3, -0.25) is 14.6 Å². The number of aliphatic carboxylic acids is 1. The van der Waals surface area contributed by atoms with Gasteiger partial charge >= 0.3 is 5.97 Å². The fourth-order valence-electron chi connectivity index (χ4n) is 2.14. The van der Waals surface area contributed by atoms with Gasteiger partial charge in [-0.15, -0.1) is 0 Å². The summed E-state index contributed by atoms with van der Waals surface area (Å²) in [5.74, 6) is -1.92. The van der Waals surface area contributed by atoms with Crippen LogP contribution < -0.4 is 0 Å². The maximum atomic E-state index is 13.5. The van der Waals surface area contributed by atoms with E-state index in [1.807, 2.05) is 0 Å². The lowest BCUT2D eigenvalue weighted by atomic mass is 9.80. The molecule has 1 amide bonds. The zero-order valence-corrected chi connectivity index (χ0v) is 10.6.